The number of rotatable bonds is 0. The number of thiophene rings is 1. The highest BCUT2D eigenvalue weighted by molar-refractivity contribution is 7.10. The van der Waals surface area contributed by atoms with Crippen molar-refractivity contribution in [1.82, 2.24) is 0 Å². The average molecular weight is 137 g/mol. The Kier molecular flexibility index (Phi) is 1.31. The summed E-state index contributed by atoms with van der Waals surface area (Å²) in [7, 11) is 0. The summed E-state index contributed by atoms with van der Waals surface area (Å²) >= 11 is 1.91. The summed E-state index contributed by atoms with van der Waals surface area (Å²) in [6.07, 6.45) is 6.15. The van der Waals surface area contributed by atoms with Crippen molar-refractivity contribution in [2.45, 2.75) is 19.3 Å². The van der Waals surface area contributed by atoms with Gasteiger partial charge in [0.2, 0.25) is 0 Å². The van der Waals surface area contributed by atoms with E-state index in [1.54, 1.807) is 10.4 Å². The van der Waals surface area contributed by atoms with E-state index in [0.717, 1.165) is 0 Å². The quantitative estimate of drug-likeness (QED) is 0.515. The second-order valence-corrected chi connectivity index (χ2v) is 3.40. The summed E-state index contributed by atoms with van der Waals surface area (Å²) in [5.41, 5.74) is 1.56. The van der Waals surface area contributed by atoms with Crippen molar-refractivity contribution in [3.05, 3.63) is 28.3 Å². The third-order valence-electron chi connectivity index (χ3n) is 1.78. The topological polar surface area (TPSA) is 0 Å². The van der Waals surface area contributed by atoms with Crippen molar-refractivity contribution in [2.75, 3.05) is 0 Å². The van der Waals surface area contributed by atoms with Crippen LogP contribution in [0.5, 0.6) is 0 Å². The monoisotopic (exact) mass is 137 g/mol. The Morgan fingerprint density at radius 1 is 1.44 bits per heavy atom. The molecule has 0 saturated carbocycles. The fourth-order valence-corrected chi connectivity index (χ4v) is 2.19. The minimum absolute atomic E-state index is 1.21. The van der Waals surface area contributed by atoms with Gasteiger partial charge in [0.1, 0.15) is 0 Å². The minimum atomic E-state index is 1.21. The largest absolute Gasteiger partial charge is 0.149 e. The number of hydrogen-bond donors (Lipinski definition) is 0. The van der Waals surface area contributed by atoms with Crippen LogP contribution in [0.1, 0.15) is 16.9 Å². The van der Waals surface area contributed by atoms with E-state index in [4.69, 9.17) is 0 Å². The molecule has 0 atom stereocenters. The maximum atomic E-state index is 2.37. The normalized spacial score (nSPS) is 17.3. The molecule has 0 spiro atoms. The zero-order chi connectivity index (χ0) is 6.10. The van der Waals surface area contributed by atoms with Gasteiger partial charge < -0.3 is 0 Å². The van der Waals surface area contributed by atoms with Crippen molar-refractivity contribution >= 4 is 11.3 Å². The van der Waals surface area contributed by atoms with E-state index in [0.29, 0.717) is 0 Å². The molecular formula is C8H9S. The lowest BCUT2D eigenvalue weighted by molar-refractivity contribution is 0.849. The molecule has 0 N–H and O–H groups in total. The van der Waals surface area contributed by atoms with Crippen LogP contribution in [0.15, 0.2) is 11.4 Å². The number of hydrogen-bond acceptors (Lipinski definition) is 1. The first-order valence-corrected chi connectivity index (χ1v) is 4.22. The Hall–Kier alpha value is -0.300. The van der Waals surface area contributed by atoms with Gasteiger partial charge in [0, 0.05) is 4.88 Å². The predicted octanol–water partition coefficient (Wildman–Crippen LogP) is 2.44. The van der Waals surface area contributed by atoms with Gasteiger partial charge in [-0.2, -0.15) is 0 Å². The smallest absolute Gasteiger partial charge is 0.00774 e. The van der Waals surface area contributed by atoms with Gasteiger partial charge in [-0.3, -0.25) is 0 Å². The first-order chi connectivity index (χ1) is 4.47. The van der Waals surface area contributed by atoms with Crippen LogP contribution in [-0.4, -0.2) is 0 Å². The maximum Gasteiger partial charge on any atom is 0.00774 e. The van der Waals surface area contributed by atoms with E-state index >= 15 is 0 Å². The van der Waals surface area contributed by atoms with E-state index < -0.39 is 0 Å². The van der Waals surface area contributed by atoms with Crippen LogP contribution in [-0.2, 0) is 12.8 Å². The summed E-state index contributed by atoms with van der Waals surface area (Å²) in [4.78, 5) is 1.61. The predicted molar refractivity (Wildman–Crippen MR) is 40.6 cm³/mol. The molecule has 1 aliphatic rings. The average Bonchev–Trinajstić information content (AvgIpc) is 2.33. The van der Waals surface area contributed by atoms with Gasteiger partial charge in [0.15, 0.2) is 0 Å². The lowest BCUT2D eigenvalue weighted by atomic mass is 10.00. The molecule has 1 aromatic rings. The highest BCUT2D eigenvalue weighted by Gasteiger charge is 2.08. The van der Waals surface area contributed by atoms with Gasteiger partial charge in [-0.05, 0) is 42.7 Å². The lowest BCUT2D eigenvalue weighted by Crippen LogP contribution is -1.97. The van der Waals surface area contributed by atoms with Crippen LogP contribution in [0, 0.1) is 6.42 Å². The molecule has 0 amide bonds. The molecule has 9 heavy (non-hydrogen) atoms. The molecule has 0 nitrogen and oxygen atoms in total. The molecule has 0 aromatic carbocycles. The van der Waals surface area contributed by atoms with Crippen LogP contribution in [0.25, 0.3) is 0 Å². The van der Waals surface area contributed by atoms with Crippen molar-refractivity contribution in [1.29, 1.82) is 0 Å². The van der Waals surface area contributed by atoms with Crippen LogP contribution >= 0.6 is 11.3 Å². The second kappa shape index (κ2) is 2.14. The van der Waals surface area contributed by atoms with Crippen molar-refractivity contribution in [2.24, 2.45) is 0 Å². The SMILES string of the molecule is [CH]1CCc2sccc2C1. The minimum Gasteiger partial charge on any atom is -0.149 e. The first-order valence-electron chi connectivity index (χ1n) is 3.34. The Balaban J connectivity index is 2.39. The molecule has 1 aliphatic carbocycles. The first kappa shape index (κ1) is 5.48. The fraction of sp³-hybridized carbons (Fsp3) is 0.375. The molecule has 1 heteroatoms. The Bertz CT molecular complexity index is 180. The Labute approximate surface area is 59.5 Å². The summed E-state index contributed by atoms with van der Waals surface area (Å²) in [5, 5.41) is 2.20. The third kappa shape index (κ3) is 0.897. The standard InChI is InChI=1S/C8H9S/c1-2-4-8-7(3-1)5-6-9-8/h1,5-6H,2-4H2. The van der Waals surface area contributed by atoms with Crippen LogP contribution < -0.4 is 0 Å². The molecule has 1 heterocycles. The molecular weight excluding hydrogens is 128 g/mol. The highest BCUT2D eigenvalue weighted by Crippen LogP contribution is 2.24. The van der Waals surface area contributed by atoms with Crippen molar-refractivity contribution in [3.63, 3.8) is 0 Å². The van der Waals surface area contributed by atoms with Gasteiger partial charge in [-0.1, -0.05) is 0 Å². The molecule has 0 bridgehead atoms. The molecule has 2 rings (SSSR count). The van der Waals surface area contributed by atoms with Gasteiger partial charge in [0.25, 0.3) is 0 Å². The van der Waals surface area contributed by atoms with Crippen molar-refractivity contribution in [3.8, 4) is 0 Å². The highest BCUT2D eigenvalue weighted by atomic mass is 32.1. The number of fused-ring (bicyclic) bond motifs is 1. The van der Waals surface area contributed by atoms with Crippen molar-refractivity contribution < 1.29 is 0 Å². The summed E-state index contributed by atoms with van der Waals surface area (Å²) < 4.78 is 0. The van der Waals surface area contributed by atoms with E-state index in [9.17, 15) is 0 Å². The lowest BCUT2D eigenvalue weighted by Gasteiger charge is -2.08. The third-order valence-corrected chi connectivity index (χ3v) is 2.80. The van der Waals surface area contributed by atoms with Gasteiger partial charge >= 0.3 is 0 Å². The summed E-state index contributed by atoms with van der Waals surface area (Å²) in [6.45, 7) is 0. The molecule has 0 unspecified atom stereocenters. The Morgan fingerprint density at radius 3 is 3.33 bits per heavy atom. The zero-order valence-corrected chi connectivity index (χ0v) is 6.08. The van der Waals surface area contributed by atoms with Crippen LogP contribution in [0.2, 0.25) is 0 Å². The fourth-order valence-electron chi connectivity index (χ4n) is 1.26. The molecule has 0 aliphatic heterocycles. The van der Waals surface area contributed by atoms with Gasteiger partial charge in [0.05, 0.1) is 0 Å². The van der Waals surface area contributed by atoms with Gasteiger partial charge in [-0.25, -0.2) is 0 Å². The zero-order valence-electron chi connectivity index (χ0n) is 5.26. The van der Waals surface area contributed by atoms with Gasteiger partial charge in [-0.15, -0.1) is 11.3 Å². The Morgan fingerprint density at radius 2 is 2.44 bits per heavy atom. The van der Waals surface area contributed by atoms with E-state index in [1.807, 2.05) is 11.3 Å². The summed E-state index contributed by atoms with van der Waals surface area (Å²) in [5.74, 6) is 0. The maximum absolute atomic E-state index is 2.37. The molecule has 1 aromatic heterocycles. The van der Waals surface area contributed by atoms with E-state index in [-0.39, 0.29) is 0 Å². The second-order valence-electron chi connectivity index (χ2n) is 2.40. The molecule has 0 saturated heterocycles. The van der Waals surface area contributed by atoms with Crippen LogP contribution in [0.3, 0.4) is 0 Å². The van der Waals surface area contributed by atoms with E-state index in [2.05, 4.69) is 17.9 Å². The molecule has 1 radical (unpaired) electrons. The molecule has 47 valence electrons. The molecule has 0 fully saturated rings. The number of aryl methyl sites for hydroxylation is 1. The van der Waals surface area contributed by atoms with E-state index in [1.165, 1.54) is 19.3 Å². The van der Waals surface area contributed by atoms with Crippen LogP contribution in [0.4, 0.5) is 0 Å². The summed E-state index contributed by atoms with van der Waals surface area (Å²) in [6, 6.07) is 2.25.